The quantitative estimate of drug-likeness (QED) is 0.783. The van der Waals surface area contributed by atoms with Gasteiger partial charge in [0.1, 0.15) is 0 Å². The maximum Gasteiger partial charge on any atom is 0.225 e. The molecule has 134 valence electrons. The molecule has 2 rings (SSSR count). The Kier molecular flexibility index (Phi) is 6.87. The fraction of sp³-hybridized carbons (Fsp3) is 0.611. The van der Waals surface area contributed by atoms with Gasteiger partial charge in [0.15, 0.2) is 11.5 Å². The van der Waals surface area contributed by atoms with Gasteiger partial charge in [-0.3, -0.25) is 4.79 Å². The summed E-state index contributed by atoms with van der Waals surface area (Å²) in [6.07, 6.45) is 0.907. The maximum atomic E-state index is 12.5. The number of ether oxygens (including phenoxy) is 3. The molecule has 1 aliphatic rings. The highest BCUT2D eigenvalue weighted by molar-refractivity contribution is 5.77. The standard InChI is InChI=1S/C18H28N2O4/c1-4-23-16-8-13-6-7-20(18(21)10-15(11-19)22-3)12-14(13)9-17(16)24-5-2/h8-9,15H,4-7,10-12,19H2,1-3H3. The Labute approximate surface area is 143 Å². The summed E-state index contributed by atoms with van der Waals surface area (Å²) in [5, 5.41) is 0. The molecule has 24 heavy (non-hydrogen) atoms. The van der Waals surface area contributed by atoms with Crippen molar-refractivity contribution in [2.45, 2.75) is 39.3 Å². The molecule has 0 bridgehead atoms. The molecule has 6 nitrogen and oxygen atoms in total. The van der Waals surface area contributed by atoms with Crippen LogP contribution in [0.2, 0.25) is 0 Å². The normalized spacial score (nSPS) is 14.9. The van der Waals surface area contributed by atoms with E-state index in [4.69, 9.17) is 19.9 Å². The minimum Gasteiger partial charge on any atom is -0.490 e. The SMILES string of the molecule is CCOc1cc2c(cc1OCC)CN(C(=O)CC(CN)OC)CC2. The predicted molar refractivity (Wildman–Crippen MR) is 92.4 cm³/mol. The number of rotatable bonds is 8. The van der Waals surface area contributed by atoms with Crippen LogP contribution < -0.4 is 15.2 Å². The molecule has 0 spiro atoms. The number of methoxy groups -OCH3 is 1. The first-order valence-electron chi connectivity index (χ1n) is 8.54. The zero-order valence-corrected chi connectivity index (χ0v) is 14.8. The van der Waals surface area contributed by atoms with Gasteiger partial charge in [-0.05, 0) is 43.5 Å². The van der Waals surface area contributed by atoms with Crippen LogP contribution >= 0.6 is 0 Å². The third-order valence-corrected chi connectivity index (χ3v) is 4.23. The van der Waals surface area contributed by atoms with E-state index in [2.05, 4.69) is 0 Å². The summed E-state index contributed by atoms with van der Waals surface area (Å²) < 4.78 is 16.6. The molecule has 1 aromatic rings. The van der Waals surface area contributed by atoms with E-state index < -0.39 is 0 Å². The average molecular weight is 336 g/mol. The number of hydrogen-bond donors (Lipinski definition) is 1. The van der Waals surface area contributed by atoms with Gasteiger partial charge in [-0.1, -0.05) is 0 Å². The van der Waals surface area contributed by atoms with Gasteiger partial charge < -0.3 is 24.8 Å². The molecular formula is C18H28N2O4. The van der Waals surface area contributed by atoms with Crippen molar-refractivity contribution in [3.8, 4) is 11.5 Å². The summed E-state index contributed by atoms with van der Waals surface area (Å²) >= 11 is 0. The zero-order chi connectivity index (χ0) is 17.5. The molecule has 0 radical (unpaired) electrons. The van der Waals surface area contributed by atoms with Crippen LogP contribution in [0.15, 0.2) is 12.1 Å². The largest absolute Gasteiger partial charge is 0.490 e. The molecule has 0 saturated carbocycles. The Bertz CT molecular complexity index is 558. The molecule has 1 heterocycles. The lowest BCUT2D eigenvalue weighted by atomic mass is 9.98. The second-order valence-electron chi connectivity index (χ2n) is 5.80. The molecule has 1 unspecified atom stereocenters. The van der Waals surface area contributed by atoms with Crippen LogP contribution in [0.5, 0.6) is 11.5 Å². The lowest BCUT2D eigenvalue weighted by Gasteiger charge is -2.30. The van der Waals surface area contributed by atoms with Crippen LogP contribution in [0.4, 0.5) is 0 Å². The minimum absolute atomic E-state index is 0.0739. The molecule has 6 heteroatoms. The van der Waals surface area contributed by atoms with Crippen LogP contribution in [0.25, 0.3) is 0 Å². The van der Waals surface area contributed by atoms with Gasteiger partial charge in [0.25, 0.3) is 0 Å². The number of hydrogen-bond acceptors (Lipinski definition) is 5. The van der Waals surface area contributed by atoms with Crippen LogP contribution in [0.1, 0.15) is 31.4 Å². The fourth-order valence-corrected chi connectivity index (χ4v) is 2.90. The first kappa shape index (κ1) is 18.5. The summed E-state index contributed by atoms with van der Waals surface area (Å²) in [7, 11) is 1.58. The number of amides is 1. The number of nitrogens with zero attached hydrogens (tertiary/aromatic N) is 1. The summed E-state index contributed by atoms with van der Waals surface area (Å²) in [6.45, 7) is 6.71. The molecule has 0 fully saturated rings. The number of nitrogens with two attached hydrogens (primary N) is 1. The summed E-state index contributed by atoms with van der Waals surface area (Å²) in [4.78, 5) is 14.3. The number of carbonyl (C=O) groups is 1. The highest BCUT2D eigenvalue weighted by Crippen LogP contribution is 2.34. The van der Waals surface area contributed by atoms with E-state index >= 15 is 0 Å². The Morgan fingerprint density at radius 1 is 1.21 bits per heavy atom. The first-order valence-corrected chi connectivity index (χ1v) is 8.54. The van der Waals surface area contributed by atoms with Crippen LogP contribution in [0, 0.1) is 0 Å². The van der Waals surface area contributed by atoms with Crippen molar-refractivity contribution in [3.05, 3.63) is 23.3 Å². The average Bonchev–Trinajstić information content (AvgIpc) is 2.60. The van der Waals surface area contributed by atoms with Crippen LogP contribution in [0.3, 0.4) is 0 Å². The van der Waals surface area contributed by atoms with Gasteiger partial charge in [0.2, 0.25) is 5.91 Å². The summed E-state index contributed by atoms with van der Waals surface area (Å²) in [5.41, 5.74) is 7.94. The zero-order valence-electron chi connectivity index (χ0n) is 14.8. The van der Waals surface area contributed by atoms with E-state index in [9.17, 15) is 4.79 Å². The van der Waals surface area contributed by atoms with Crippen molar-refractivity contribution < 1.29 is 19.0 Å². The topological polar surface area (TPSA) is 74.0 Å². The van der Waals surface area contributed by atoms with Crippen LogP contribution in [-0.2, 0) is 22.5 Å². The lowest BCUT2D eigenvalue weighted by Crippen LogP contribution is -2.39. The Balaban J connectivity index is 2.14. The van der Waals surface area contributed by atoms with Gasteiger partial charge in [0.05, 0.1) is 25.7 Å². The fourth-order valence-electron chi connectivity index (χ4n) is 2.90. The van der Waals surface area contributed by atoms with Crippen molar-refractivity contribution in [2.24, 2.45) is 5.73 Å². The molecule has 1 amide bonds. The Hall–Kier alpha value is -1.79. The highest BCUT2D eigenvalue weighted by Gasteiger charge is 2.24. The number of benzene rings is 1. The lowest BCUT2D eigenvalue weighted by molar-refractivity contribution is -0.134. The van der Waals surface area contributed by atoms with E-state index in [0.29, 0.717) is 39.3 Å². The van der Waals surface area contributed by atoms with Gasteiger partial charge in [-0.25, -0.2) is 0 Å². The van der Waals surface area contributed by atoms with Gasteiger partial charge >= 0.3 is 0 Å². The molecular weight excluding hydrogens is 308 g/mol. The molecule has 1 aliphatic heterocycles. The van der Waals surface area contributed by atoms with Crippen molar-refractivity contribution in [1.29, 1.82) is 0 Å². The Morgan fingerprint density at radius 2 is 1.83 bits per heavy atom. The second-order valence-corrected chi connectivity index (χ2v) is 5.80. The van der Waals surface area contributed by atoms with E-state index in [1.54, 1.807) is 7.11 Å². The van der Waals surface area contributed by atoms with Gasteiger partial charge in [0, 0.05) is 26.7 Å². The monoisotopic (exact) mass is 336 g/mol. The number of fused-ring (bicyclic) bond motifs is 1. The molecule has 0 aromatic heterocycles. The van der Waals surface area contributed by atoms with E-state index in [0.717, 1.165) is 23.5 Å². The van der Waals surface area contributed by atoms with Crippen molar-refractivity contribution in [2.75, 3.05) is 33.4 Å². The third kappa shape index (κ3) is 4.39. The molecule has 0 aliphatic carbocycles. The molecule has 1 atom stereocenters. The van der Waals surface area contributed by atoms with E-state index in [-0.39, 0.29) is 12.0 Å². The Morgan fingerprint density at radius 3 is 2.38 bits per heavy atom. The van der Waals surface area contributed by atoms with E-state index in [1.807, 2.05) is 30.9 Å². The van der Waals surface area contributed by atoms with Gasteiger partial charge in [-0.15, -0.1) is 0 Å². The highest BCUT2D eigenvalue weighted by atomic mass is 16.5. The second kappa shape index (κ2) is 8.89. The van der Waals surface area contributed by atoms with Gasteiger partial charge in [-0.2, -0.15) is 0 Å². The van der Waals surface area contributed by atoms with Crippen molar-refractivity contribution in [1.82, 2.24) is 4.90 Å². The molecule has 2 N–H and O–H groups in total. The minimum atomic E-state index is -0.224. The smallest absolute Gasteiger partial charge is 0.225 e. The van der Waals surface area contributed by atoms with Crippen molar-refractivity contribution >= 4 is 5.91 Å². The summed E-state index contributed by atoms with van der Waals surface area (Å²) in [6, 6.07) is 4.05. The molecule has 1 aromatic carbocycles. The third-order valence-electron chi connectivity index (χ3n) is 4.23. The first-order chi connectivity index (χ1) is 11.6. The molecule has 0 saturated heterocycles. The predicted octanol–water partition coefficient (Wildman–Crippen LogP) is 1.73. The van der Waals surface area contributed by atoms with Crippen LogP contribution in [-0.4, -0.2) is 50.3 Å². The van der Waals surface area contributed by atoms with E-state index in [1.165, 1.54) is 5.56 Å². The maximum absolute atomic E-state index is 12.5. The van der Waals surface area contributed by atoms with Crippen molar-refractivity contribution in [3.63, 3.8) is 0 Å². The number of carbonyl (C=O) groups excluding carboxylic acids is 1. The summed E-state index contributed by atoms with van der Waals surface area (Å²) in [5.74, 6) is 1.59.